The molecule has 2 atom stereocenters. The lowest BCUT2D eigenvalue weighted by atomic mass is 10.2. The predicted molar refractivity (Wildman–Crippen MR) is 79.8 cm³/mol. The lowest BCUT2D eigenvalue weighted by Crippen LogP contribution is -2.57. The molecule has 8 nitrogen and oxygen atoms in total. The normalized spacial score (nSPS) is 20.9. The molecule has 124 valence electrons. The minimum Gasteiger partial charge on any atom is -0.360 e. The van der Waals surface area contributed by atoms with Crippen LogP contribution in [0.4, 0.5) is 0 Å². The lowest BCUT2D eigenvalue weighted by molar-refractivity contribution is -0.135. The SMILES string of the molecule is Cc1noc(C)c1S(=O)(=O)NC(C)C(=O)N1CCNCC1C. The molecule has 0 aliphatic carbocycles. The van der Waals surface area contributed by atoms with Crippen LogP contribution in [0, 0.1) is 13.8 Å². The number of carbonyl (C=O) groups is 1. The molecule has 0 spiro atoms. The van der Waals surface area contributed by atoms with Crippen LogP contribution in [0.2, 0.25) is 0 Å². The molecule has 1 amide bonds. The molecule has 1 aliphatic rings. The van der Waals surface area contributed by atoms with Gasteiger partial charge in [0.05, 0.1) is 6.04 Å². The number of sulfonamides is 1. The van der Waals surface area contributed by atoms with Crippen molar-refractivity contribution in [1.29, 1.82) is 0 Å². The van der Waals surface area contributed by atoms with Crippen LogP contribution in [0.3, 0.4) is 0 Å². The number of piperazine rings is 1. The number of hydrogen-bond donors (Lipinski definition) is 2. The molecular weight excluding hydrogens is 308 g/mol. The fourth-order valence-electron chi connectivity index (χ4n) is 2.62. The summed E-state index contributed by atoms with van der Waals surface area (Å²) in [4.78, 5) is 14.1. The van der Waals surface area contributed by atoms with Crippen LogP contribution in [-0.2, 0) is 14.8 Å². The third-order valence-electron chi connectivity index (χ3n) is 3.72. The second-order valence-corrected chi connectivity index (χ2v) is 7.23. The molecule has 2 heterocycles. The van der Waals surface area contributed by atoms with Crippen molar-refractivity contribution >= 4 is 15.9 Å². The summed E-state index contributed by atoms with van der Waals surface area (Å²) in [6.07, 6.45) is 0. The van der Waals surface area contributed by atoms with Gasteiger partial charge in [0.2, 0.25) is 15.9 Å². The molecule has 2 unspecified atom stereocenters. The zero-order valence-corrected chi connectivity index (χ0v) is 14.0. The maximum atomic E-state index is 12.5. The highest BCUT2D eigenvalue weighted by Gasteiger charge is 2.32. The monoisotopic (exact) mass is 330 g/mol. The van der Waals surface area contributed by atoms with Crippen molar-refractivity contribution in [2.75, 3.05) is 19.6 Å². The summed E-state index contributed by atoms with van der Waals surface area (Å²) in [6.45, 7) is 8.54. The molecule has 2 rings (SSSR count). The Morgan fingerprint density at radius 1 is 1.50 bits per heavy atom. The van der Waals surface area contributed by atoms with Crippen LogP contribution in [-0.4, -0.2) is 56.1 Å². The van der Waals surface area contributed by atoms with Crippen LogP contribution in [0.1, 0.15) is 25.3 Å². The van der Waals surface area contributed by atoms with Gasteiger partial charge in [-0.2, -0.15) is 4.72 Å². The Balaban J connectivity index is 2.14. The summed E-state index contributed by atoms with van der Waals surface area (Å²) in [5.41, 5.74) is 0.278. The molecule has 1 aromatic heterocycles. The Morgan fingerprint density at radius 3 is 2.73 bits per heavy atom. The van der Waals surface area contributed by atoms with E-state index in [1.807, 2.05) is 6.92 Å². The summed E-state index contributed by atoms with van der Waals surface area (Å²) < 4.78 is 32.1. The molecule has 0 saturated carbocycles. The molecule has 9 heteroatoms. The van der Waals surface area contributed by atoms with Gasteiger partial charge in [-0.1, -0.05) is 5.16 Å². The van der Waals surface area contributed by atoms with E-state index in [9.17, 15) is 13.2 Å². The van der Waals surface area contributed by atoms with Crippen LogP contribution < -0.4 is 10.0 Å². The molecule has 0 bridgehead atoms. The van der Waals surface area contributed by atoms with Gasteiger partial charge in [-0.25, -0.2) is 8.42 Å². The van der Waals surface area contributed by atoms with Gasteiger partial charge in [0.1, 0.15) is 10.6 Å². The highest BCUT2D eigenvalue weighted by Crippen LogP contribution is 2.19. The summed E-state index contributed by atoms with van der Waals surface area (Å²) in [5.74, 6) is -0.0236. The van der Waals surface area contributed by atoms with Crippen LogP contribution in [0.25, 0.3) is 0 Å². The van der Waals surface area contributed by atoms with Gasteiger partial charge in [0.15, 0.2) is 5.76 Å². The average Bonchev–Trinajstić information content (AvgIpc) is 2.78. The standard InChI is InChI=1S/C13H22N4O4S/c1-8-7-14-5-6-17(8)13(18)10(3)16-22(19,20)12-9(2)15-21-11(12)4/h8,10,14,16H,5-7H2,1-4H3. The van der Waals surface area contributed by atoms with E-state index in [-0.39, 0.29) is 28.3 Å². The van der Waals surface area contributed by atoms with Crippen molar-refractivity contribution in [2.24, 2.45) is 0 Å². The minimum atomic E-state index is -3.85. The zero-order chi connectivity index (χ0) is 16.5. The van der Waals surface area contributed by atoms with Gasteiger partial charge < -0.3 is 14.7 Å². The van der Waals surface area contributed by atoms with Gasteiger partial charge in [0, 0.05) is 25.7 Å². The quantitative estimate of drug-likeness (QED) is 0.791. The van der Waals surface area contributed by atoms with Crippen LogP contribution in [0.15, 0.2) is 9.42 Å². The third-order valence-corrected chi connectivity index (χ3v) is 5.51. The number of carbonyl (C=O) groups excluding carboxylic acids is 1. The van der Waals surface area contributed by atoms with Crippen LogP contribution in [0.5, 0.6) is 0 Å². The van der Waals surface area contributed by atoms with E-state index in [1.165, 1.54) is 6.92 Å². The number of hydrogen-bond acceptors (Lipinski definition) is 6. The van der Waals surface area contributed by atoms with Crippen molar-refractivity contribution in [3.05, 3.63) is 11.5 Å². The molecule has 0 aromatic carbocycles. The van der Waals surface area contributed by atoms with E-state index in [4.69, 9.17) is 4.52 Å². The van der Waals surface area contributed by atoms with Gasteiger partial charge >= 0.3 is 0 Å². The van der Waals surface area contributed by atoms with Crippen molar-refractivity contribution in [2.45, 2.75) is 44.7 Å². The topological polar surface area (TPSA) is 105 Å². The number of amides is 1. The fraction of sp³-hybridized carbons (Fsp3) is 0.692. The molecule has 22 heavy (non-hydrogen) atoms. The van der Waals surface area contributed by atoms with E-state index < -0.39 is 16.1 Å². The van der Waals surface area contributed by atoms with Crippen molar-refractivity contribution in [1.82, 2.24) is 20.1 Å². The largest absolute Gasteiger partial charge is 0.360 e. The van der Waals surface area contributed by atoms with Crippen LogP contribution >= 0.6 is 0 Å². The second kappa shape index (κ2) is 6.35. The highest BCUT2D eigenvalue weighted by molar-refractivity contribution is 7.89. The predicted octanol–water partition coefficient (Wildman–Crippen LogP) is -0.221. The fourth-order valence-corrected chi connectivity index (χ4v) is 4.14. The Kier molecular flexibility index (Phi) is 4.88. The summed E-state index contributed by atoms with van der Waals surface area (Å²) in [7, 11) is -3.85. The Hall–Kier alpha value is -1.45. The van der Waals surface area contributed by atoms with E-state index in [0.717, 1.165) is 0 Å². The van der Waals surface area contributed by atoms with E-state index in [0.29, 0.717) is 19.6 Å². The van der Waals surface area contributed by atoms with Gasteiger partial charge in [-0.3, -0.25) is 4.79 Å². The molecule has 1 saturated heterocycles. The lowest BCUT2D eigenvalue weighted by Gasteiger charge is -2.35. The molecule has 1 aliphatic heterocycles. The maximum Gasteiger partial charge on any atom is 0.246 e. The maximum absolute atomic E-state index is 12.5. The van der Waals surface area contributed by atoms with Gasteiger partial charge in [0.25, 0.3) is 0 Å². The Bertz CT molecular complexity index is 635. The number of nitrogens with one attached hydrogen (secondary N) is 2. The minimum absolute atomic E-state index is 0.000472. The smallest absolute Gasteiger partial charge is 0.246 e. The first kappa shape index (κ1) is 16.9. The number of rotatable bonds is 4. The number of aromatic nitrogens is 1. The van der Waals surface area contributed by atoms with Crippen molar-refractivity contribution in [3.63, 3.8) is 0 Å². The number of nitrogens with zero attached hydrogens (tertiary/aromatic N) is 2. The number of aryl methyl sites for hydroxylation is 2. The molecule has 0 radical (unpaired) electrons. The van der Waals surface area contributed by atoms with Crippen molar-refractivity contribution in [3.8, 4) is 0 Å². The van der Waals surface area contributed by atoms with Gasteiger partial charge in [-0.15, -0.1) is 0 Å². The van der Waals surface area contributed by atoms with E-state index in [1.54, 1.807) is 18.7 Å². The average molecular weight is 330 g/mol. The summed E-state index contributed by atoms with van der Waals surface area (Å²) in [5, 5.41) is 6.83. The Morgan fingerprint density at radius 2 is 2.18 bits per heavy atom. The van der Waals surface area contributed by atoms with E-state index in [2.05, 4.69) is 15.2 Å². The molecule has 1 aromatic rings. The first-order valence-corrected chi connectivity index (χ1v) is 8.68. The molecular formula is C13H22N4O4S. The Labute approximate surface area is 130 Å². The first-order valence-electron chi connectivity index (χ1n) is 7.20. The molecule has 2 N–H and O–H groups in total. The van der Waals surface area contributed by atoms with E-state index >= 15 is 0 Å². The van der Waals surface area contributed by atoms with Gasteiger partial charge in [-0.05, 0) is 27.7 Å². The molecule has 1 fully saturated rings. The summed E-state index contributed by atoms with van der Waals surface area (Å²) >= 11 is 0. The highest BCUT2D eigenvalue weighted by atomic mass is 32.2. The van der Waals surface area contributed by atoms with Crippen molar-refractivity contribution < 1.29 is 17.7 Å². The summed E-state index contributed by atoms with van der Waals surface area (Å²) in [6, 6.07) is -0.813. The first-order chi connectivity index (χ1) is 10.2. The zero-order valence-electron chi connectivity index (χ0n) is 13.2. The second-order valence-electron chi connectivity index (χ2n) is 5.58. The third kappa shape index (κ3) is 3.31.